The standard InChI is InChI=1S/C17H11ClF3N3O3S/c18-12-5-7-13(8-6-12)24-28(25,26)14-3-1-2-11(10-14)4-9-15-22-16(27-23-15)17(19,20)21/h1-10,24H/b9-4+. The lowest BCUT2D eigenvalue weighted by Gasteiger charge is -2.08. The Morgan fingerprint density at radius 1 is 1.07 bits per heavy atom. The molecule has 6 nitrogen and oxygen atoms in total. The molecule has 0 amide bonds. The summed E-state index contributed by atoms with van der Waals surface area (Å²) in [6.07, 6.45) is -2.19. The van der Waals surface area contributed by atoms with E-state index in [9.17, 15) is 21.6 Å². The molecular formula is C17H11ClF3N3O3S. The van der Waals surface area contributed by atoms with Crippen LogP contribution in [0, 0.1) is 0 Å². The van der Waals surface area contributed by atoms with Gasteiger partial charge in [-0.1, -0.05) is 35.0 Å². The van der Waals surface area contributed by atoms with Crippen molar-refractivity contribution >= 4 is 39.5 Å². The van der Waals surface area contributed by atoms with E-state index in [1.165, 1.54) is 42.5 Å². The van der Waals surface area contributed by atoms with E-state index in [-0.39, 0.29) is 10.7 Å². The van der Waals surface area contributed by atoms with Crippen molar-refractivity contribution in [2.75, 3.05) is 4.72 Å². The summed E-state index contributed by atoms with van der Waals surface area (Å²) < 4.78 is 68.9. The molecule has 0 aliphatic rings. The molecule has 1 aromatic heterocycles. The van der Waals surface area contributed by atoms with Gasteiger partial charge in [0.15, 0.2) is 5.82 Å². The fourth-order valence-electron chi connectivity index (χ4n) is 2.11. The molecular weight excluding hydrogens is 419 g/mol. The Bertz CT molecular complexity index is 1110. The number of sulfonamides is 1. The number of alkyl halides is 3. The second kappa shape index (κ2) is 7.64. The number of hydrogen-bond acceptors (Lipinski definition) is 5. The van der Waals surface area contributed by atoms with Gasteiger partial charge in [0.2, 0.25) is 0 Å². The fraction of sp³-hybridized carbons (Fsp3) is 0.0588. The van der Waals surface area contributed by atoms with Crippen LogP contribution in [0.3, 0.4) is 0 Å². The fourth-order valence-corrected chi connectivity index (χ4v) is 3.35. The van der Waals surface area contributed by atoms with Gasteiger partial charge in [-0.15, -0.1) is 0 Å². The molecule has 3 rings (SSSR count). The molecule has 0 radical (unpaired) electrons. The normalized spacial score (nSPS) is 12.4. The molecule has 11 heteroatoms. The van der Waals surface area contributed by atoms with Crippen LogP contribution in [-0.4, -0.2) is 18.6 Å². The Balaban J connectivity index is 1.79. The van der Waals surface area contributed by atoms with E-state index < -0.39 is 22.1 Å². The molecule has 0 spiro atoms. The smallest absolute Gasteiger partial charge is 0.329 e. The number of halogens is 4. The highest BCUT2D eigenvalue weighted by molar-refractivity contribution is 7.92. The molecule has 146 valence electrons. The first-order valence-electron chi connectivity index (χ1n) is 7.61. The van der Waals surface area contributed by atoms with Crippen molar-refractivity contribution in [3.63, 3.8) is 0 Å². The summed E-state index contributed by atoms with van der Waals surface area (Å²) in [7, 11) is -3.87. The highest BCUT2D eigenvalue weighted by Crippen LogP contribution is 2.27. The molecule has 0 bridgehead atoms. The first-order valence-corrected chi connectivity index (χ1v) is 9.47. The minimum Gasteiger partial charge on any atom is -0.329 e. The van der Waals surface area contributed by atoms with Crippen molar-refractivity contribution < 1.29 is 26.1 Å². The molecule has 2 aromatic carbocycles. The maximum absolute atomic E-state index is 12.5. The number of hydrogen-bond donors (Lipinski definition) is 1. The topological polar surface area (TPSA) is 85.1 Å². The second-order valence-electron chi connectivity index (χ2n) is 5.47. The van der Waals surface area contributed by atoms with Gasteiger partial charge in [0.1, 0.15) is 0 Å². The first kappa shape index (κ1) is 19.9. The van der Waals surface area contributed by atoms with Crippen LogP contribution in [0.2, 0.25) is 5.02 Å². The number of anilines is 1. The lowest BCUT2D eigenvalue weighted by molar-refractivity contribution is -0.159. The number of rotatable bonds is 5. The number of nitrogens with zero attached hydrogens (tertiary/aromatic N) is 2. The monoisotopic (exact) mass is 429 g/mol. The predicted molar refractivity (Wildman–Crippen MR) is 96.9 cm³/mol. The lowest BCUT2D eigenvalue weighted by atomic mass is 10.2. The molecule has 0 saturated carbocycles. The van der Waals surface area contributed by atoms with E-state index in [4.69, 9.17) is 11.6 Å². The van der Waals surface area contributed by atoms with Gasteiger partial charge in [-0.2, -0.15) is 18.2 Å². The first-order chi connectivity index (χ1) is 13.1. The average Bonchev–Trinajstić information content (AvgIpc) is 3.12. The van der Waals surface area contributed by atoms with Gasteiger partial charge in [-0.25, -0.2) is 8.42 Å². The van der Waals surface area contributed by atoms with Gasteiger partial charge < -0.3 is 4.52 Å². The quantitative estimate of drug-likeness (QED) is 0.634. The average molecular weight is 430 g/mol. The summed E-state index contributed by atoms with van der Waals surface area (Å²) >= 11 is 5.77. The Morgan fingerprint density at radius 3 is 2.43 bits per heavy atom. The minimum absolute atomic E-state index is 0.0336. The molecule has 3 aromatic rings. The zero-order chi connectivity index (χ0) is 20.4. The van der Waals surface area contributed by atoms with E-state index in [1.807, 2.05) is 0 Å². The van der Waals surface area contributed by atoms with Gasteiger partial charge in [0.25, 0.3) is 10.0 Å². The lowest BCUT2D eigenvalue weighted by Crippen LogP contribution is -2.12. The third-order valence-electron chi connectivity index (χ3n) is 3.37. The molecule has 0 aliphatic carbocycles. The van der Waals surface area contributed by atoms with E-state index in [1.54, 1.807) is 18.2 Å². The maximum Gasteiger partial charge on any atom is 0.471 e. The largest absolute Gasteiger partial charge is 0.471 e. The summed E-state index contributed by atoms with van der Waals surface area (Å²) in [4.78, 5) is 3.17. The van der Waals surface area contributed by atoms with Crippen LogP contribution in [0.15, 0.2) is 57.9 Å². The summed E-state index contributed by atoms with van der Waals surface area (Å²) in [5.74, 6) is -1.75. The Kier molecular flexibility index (Phi) is 5.43. The Morgan fingerprint density at radius 2 is 1.79 bits per heavy atom. The zero-order valence-electron chi connectivity index (χ0n) is 13.8. The van der Waals surface area contributed by atoms with Crippen LogP contribution in [0.25, 0.3) is 12.2 Å². The van der Waals surface area contributed by atoms with Gasteiger partial charge in [0.05, 0.1) is 4.90 Å². The minimum atomic E-state index is -4.74. The van der Waals surface area contributed by atoms with Crippen molar-refractivity contribution in [3.8, 4) is 0 Å². The van der Waals surface area contributed by atoms with Crippen LogP contribution < -0.4 is 4.72 Å². The molecule has 1 N–H and O–H groups in total. The van der Waals surface area contributed by atoms with Gasteiger partial charge >= 0.3 is 12.1 Å². The van der Waals surface area contributed by atoms with Crippen LogP contribution in [0.1, 0.15) is 17.3 Å². The van der Waals surface area contributed by atoms with Crippen LogP contribution in [0.5, 0.6) is 0 Å². The van der Waals surface area contributed by atoms with Crippen molar-refractivity contribution in [1.82, 2.24) is 10.1 Å². The summed E-state index contributed by atoms with van der Waals surface area (Å²) in [6, 6.07) is 11.9. The maximum atomic E-state index is 12.5. The molecule has 0 unspecified atom stereocenters. The summed E-state index contributed by atoms with van der Waals surface area (Å²) in [6.45, 7) is 0. The van der Waals surface area contributed by atoms with E-state index in [0.29, 0.717) is 16.3 Å². The Hall–Kier alpha value is -2.85. The zero-order valence-corrected chi connectivity index (χ0v) is 15.4. The summed E-state index contributed by atoms with van der Waals surface area (Å²) in [5.41, 5.74) is 0.745. The highest BCUT2D eigenvalue weighted by atomic mass is 35.5. The van der Waals surface area contributed by atoms with Gasteiger partial charge in [0, 0.05) is 10.7 Å². The molecule has 0 atom stereocenters. The summed E-state index contributed by atoms with van der Waals surface area (Å²) in [5, 5.41) is 3.66. The van der Waals surface area contributed by atoms with Gasteiger partial charge in [-0.05, 0) is 48.0 Å². The third-order valence-corrected chi connectivity index (χ3v) is 5.00. The second-order valence-corrected chi connectivity index (χ2v) is 7.59. The van der Waals surface area contributed by atoms with E-state index in [0.717, 1.165) is 0 Å². The Labute approximate surface area is 162 Å². The van der Waals surface area contributed by atoms with Crippen LogP contribution in [0.4, 0.5) is 18.9 Å². The van der Waals surface area contributed by atoms with Crippen molar-refractivity contribution in [2.24, 2.45) is 0 Å². The molecule has 0 aliphatic heterocycles. The number of benzene rings is 2. The van der Waals surface area contributed by atoms with Crippen LogP contribution in [-0.2, 0) is 16.2 Å². The number of aromatic nitrogens is 2. The van der Waals surface area contributed by atoms with Crippen molar-refractivity contribution in [2.45, 2.75) is 11.1 Å². The van der Waals surface area contributed by atoms with Gasteiger partial charge in [-0.3, -0.25) is 4.72 Å². The highest BCUT2D eigenvalue weighted by Gasteiger charge is 2.38. The molecule has 0 fully saturated rings. The van der Waals surface area contributed by atoms with E-state index in [2.05, 4.69) is 19.4 Å². The van der Waals surface area contributed by atoms with Crippen molar-refractivity contribution in [1.29, 1.82) is 0 Å². The SMILES string of the molecule is O=S(=O)(Nc1ccc(Cl)cc1)c1cccc(/C=C/c2noc(C(F)(F)F)n2)c1. The third kappa shape index (κ3) is 4.90. The van der Waals surface area contributed by atoms with Crippen LogP contribution >= 0.6 is 11.6 Å². The molecule has 28 heavy (non-hydrogen) atoms. The van der Waals surface area contributed by atoms with E-state index >= 15 is 0 Å². The predicted octanol–water partition coefficient (Wildman–Crippen LogP) is 4.71. The van der Waals surface area contributed by atoms with Crippen molar-refractivity contribution in [3.05, 3.63) is 70.8 Å². The number of nitrogens with one attached hydrogen (secondary N) is 1. The molecule has 0 saturated heterocycles. The molecule has 1 heterocycles.